The van der Waals surface area contributed by atoms with Gasteiger partial charge in [0.25, 0.3) is 0 Å². The van der Waals surface area contributed by atoms with Crippen molar-refractivity contribution in [2.75, 3.05) is 20.1 Å². The molecule has 2 unspecified atom stereocenters. The van der Waals surface area contributed by atoms with Crippen molar-refractivity contribution in [3.8, 4) is 5.69 Å². The molecule has 2 fully saturated rings. The van der Waals surface area contributed by atoms with Crippen LogP contribution in [0.25, 0.3) is 5.69 Å². The topological polar surface area (TPSA) is 41.4 Å². The number of fused-ring (bicyclic) bond motifs is 2. The standard InChI is InChI=1S/C19H24N4O/c1-21-16-7-8-18(21)14-22(10-9-16)19(24)11-15-12-20-23(13-15)17-5-3-2-4-6-17/h2-6,12-13,16,18H,7-11,14H2,1H3. The van der Waals surface area contributed by atoms with E-state index >= 15 is 0 Å². The molecular weight excluding hydrogens is 300 g/mol. The lowest BCUT2D eigenvalue weighted by molar-refractivity contribution is -0.130. The molecular formula is C19H24N4O. The first-order valence-corrected chi connectivity index (χ1v) is 8.79. The second-order valence-electron chi connectivity index (χ2n) is 6.98. The first-order chi connectivity index (χ1) is 11.7. The van der Waals surface area contributed by atoms with E-state index < -0.39 is 0 Å². The zero-order valence-electron chi connectivity index (χ0n) is 14.1. The lowest BCUT2D eigenvalue weighted by atomic mass is 10.1. The summed E-state index contributed by atoms with van der Waals surface area (Å²) in [7, 11) is 2.21. The van der Waals surface area contributed by atoms with Gasteiger partial charge >= 0.3 is 0 Å². The summed E-state index contributed by atoms with van der Waals surface area (Å²) in [4.78, 5) is 17.2. The minimum atomic E-state index is 0.226. The second-order valence-corrected chi connectivity index (χ2v) is 6.98. The zero-order chi connectivity index (χ0) is 16.5. The second kappa shape index (κ2) is 6.40. The number of benzene rings is 1. The van der Waals surface area contributed by atoms with Crippen molar-refractivity contribution in [1.82, 2.24) is 19.6 Å². The summed E-state index contributed by atoms with van der Waals surface area (Å²) in [6.07, 6.45) is 7.81. The van der Waals surface area contributed by atoms with Gasteiger partial charge in [0, 0.05) is 31.4 Å². The predicted octanol–water partition coefficient (Wildman–Crippen LogP) is 2.11. The number of likely N-dealkylation sites (N-methyl/N-ethyl adjacent to an activating group) is 1. The summed E-state index contributed by atoms with van der Waals surface area (Å²) in [5, 5.41) is 4.39. The maximum atomic E-state index is 12.7. The van der Waals surface area contributed by atoms with Crippen molar-refractivity contribution in [3.05, 3.63) is 48.3 Å². The lowest BCUT2D eigenvalue weighted by Gasteiger charge is -2.25. The molecule has 1 aromatic carbocycles. The van der Waals surface area contributed by atoms with E-state index in [4.69, 9.17) is 0 Å². The quantitative estimate of drug-likeness (QED) is 0.868. The maximum absolute atomic E-state index is 12.7. The van der Waals surface area contributed by atoms with Gasteiger partial charge in [0.1, 0.15) is 0 Å². The Labute approximate surface area is 142 Å². The fourth-order valence-electron chi connectivity index (χ4n) is 4.00. The van der Waals surface area contributed by atoms with Crippen molar-refractivity contribution in [2.45, 2.75) is 37.8 Å². The van der Waals surface area contributed by atoms with Crippen LogP contribution in [-0.2, 0) is 11.2 Å². The highest BCUT2D eigenvalue weighted by Crippen LogP contribution is 2.28. The van der Waals surface area contributed by atoms with Crippen molar-refractivity contribution in [2.24, 2.45) is 0 Å². The molecule has 3 heterocycles. The molecule has 0 aliphatic carbocycles. The number of rotatable bonds is 3. The van der Waals surface area contributed by atoms with E-state index in [2.05, 4.69) is 21.9 Å². The third-order valence-electron chi connectivity index (χ3n) is 5.51. The Morgan fingerprint density at radius 2 is 1.96 bits per heavy atom. The van der Waals surface area contributed by atoms with Crippen LogP contribution in [0, 0.1) is 0 Å². The molecule has 2 aromatic rings. The molecule has 0 saturated carbocycles. The molecule has 5 nitrogen and oxygen atoms in total. The van der Waals surface area contributed by atoms with Crippen molar-refractivity contribution in [3.63, 3.8) is 0 Å². The molecule has 4 rings (SSSR count). The first-order valence-electron chi connectivity index (χ1n) is 8.79. The molecule has 0 N–H and O–H groups in total. The van der Waals surface area contributed by atoms with Crippen LogP contribution in [-0.4, -0.2) is 57.7 Å². The van der Waals surface area contributed by atoms with Gasteiger partial charge in [0.05, 0.1) is 18.3 Å². The number of hydrogen-bond donors (Lipinski definition) is 0. The van der Waals surface area contributed by atoms with Gasteiger partial charge in [-0.15, -0.1) is 0 Å². The Hall–Kier alpha value is -2.14. The van der Waals surface area contributed by atoms with E-state index in [1.54, 1.807) is 6.20 Å². The number of nitrogens with zero attached hydrogens (tertiary/aromatic N) is 4. The van der Waals surface area contributed by atoms with Crippen LogP contribution >= 0.6 is 0 Å². The Balaban J connectivity index is 1.42. The molecule has 0 spiro atoms. The third-order valence-corrected chi connectivity index (χ3v) is 5.51. The van der Waals surface area contributed by atoms with Gasteiger partial charge in [-0.05, 0) is 44.0 Å². The average Bonchev–Trinajstić information content (AvgIpc) is 3.13. The monoisotopic (exact) mass is 324 g/mol. The van der Waals surface area contributed by atoms with Gasteiger partial charge in [-0.3, -0.25) is 9.69 Å². The molecule has 1 amide bonds. The molecule has 126 valence electrons. The number of amides is 1. The fourth-order valence-corrected chi connectivity index (χ4v) is 4.00. The van der Waals surface area contributed by atoms with Crippen LogP contribution in [0.3, 0.4) is 0 Å². The molecule has 1 aromatic heterocycles. The van der Waals surface area contributed by atoms with Crippen LogP contribution in [0.4, 0.5) is 0 Å². The van der Waals surface area contributed by atoms with E-state index in [9.17, 15) is 4.79 Å². The molecule has 24 heavy (non-hydrogen) atoms. The number of likely N-dealkylation sites (tertiary alicyclic amines) is 1. The highest BCUT2D eigenvalue weighted by atomic mass is 16.2. The minimum Gasteiger partial charge on any atom is -0.341 e. The van der Waals surface area contributed by atoms with E-state index in [-0.39, 0.29) is 5.91 Å². The van der Waals surface area contributed by atoms with Gasteiger partial charge in [0.15, 0.2) is 0 Å². The Morgan fingerprint density at radius 1 is 1.17 bits per heavy atom. The molecule has 0 radical (unpaired) electrons. The van der Waals surface area contributed by atoms with Crippen molar-refractivity contribution < 1.29 is 4.79 Å². The highest BCUT2D eigenvalue weighted by molar-refractivity contribution is 5.78. The summed E-state index contributed by atoms with van der Waals surface area (Å²) in [6, 6.07) is 11.2. The van der Waals surface area contributed by atoms with Gasteiger partial charge in [-0.2, -0.15) is 5.10 Å². The van der Waals surface area contributed by atoms with Gasteiger partial charge in [-0.1, -0.05) is 18.2 Å². The fraction of sp³-hybridized carbons (Fsp3) is 0.474. The van der Waals surface area contributed by atoms with E-state index in [0.29, 0.717) is 18.5 Å². The van der Waals surface area contributed by atoms with Crippen LogP contribution in [0.1, 0.15) is 24.8 Å². The molecule has 2 aliphatic heterocycles. The van der Waals surface area contributed by atoms with Gasteiger partial charge < -0.3 is 4.90 Å². The first kappa shape index (κ1) is 15.4. The number of aromatic nitrogens is 2. The number of para-hydroxylation sites is 1. The summed E-state index contributed by atoms with van der Waals surface area (Å²) in [5.74, 6) is 0.226. The third kappa shape index (κ3) is 2.96. The largest absolute Gasteiger partial charge is 0.341 e. The normalized spacial score (nSPS) is 24.1. The van der Waals surface area contributed by atoms with Crippen LogP contribution < -0.4 is 0 Å². The lowest BCUT2D eigenvalue weighted by Crippen LogP contribution is -2.40. The summed E-state index contributed by atoms with van der Waals surface area (Å²) in [6.45, 7) is 1.76. The van der Waals surface area contributed by atoms with Gasteiger partial charge in [-0.25, -0.2) is 4.68 Å². The van der Waals surface area contributed by atoms with Gasteiger partial charge in [0.2, 0.25) is 5.91 Å². The van der Waals surface area contributed by atoms with Crippen LogP contribution in [0.2, 0.25) is 0 Å². The number of carbonyl (C=O) groups excluding carboxylic acids is 1. The zero-order valence-corrected chi connectivity index (χ0v) is 14.1. The Bertz CT molecular complexity index is 711. The molecule has 2 atom stereocenters. The molecule has 5 heteroatoms. The summed E-state index contributed by atoms with van der Waals surface area (Å²) < 4.78 is 1.83. The molecule has 2 saturated heterocycles. The van der Waals surface area contributed by atoms with E-state index in [1.807, 2.05) is 41.2 Å². The van der Waals surface area contributed by atoms with E-state index in [0.717, 1.165) is 30.8 Å². The SMILES string of the molecule is CN1C2CCC1CN(C(=O)Cc1cnn(-c3ccccc3)c1)CC2. The van der Waals surface area contributed by atoms with Crippen molar-refractivity contribution >= 4 is 5.91 Å². The van der Waals surface area contributed by atoms with E-state index in [1.165, 1.54) is 12.8 Å². The maximum Gasteiger partial charge on any atom is 0.227 e. The summed E-state index contributed by atoms with van der Waals surface area (Å²) in [5.41, 5.74) is 2.00. The summed E-state index contributed by atoms with van der Waals surface area (Å²) >= 11 is 0. The molecule has 2 bridgehead atoms. The Kier molecular flexibility index (Phi) is 4.10. The van der Waals surface area contributed by atoms with Crippen LogP contribution in [0.15, 0.2) is 42.7 Å². The Morgan fingerprint density at radius 3 is 2.79 bits per heavy atom. The predicted molar refractivity (Wildman–Crippen MR) is 93.0 cm³/mol. The van der Waals surface area contributed by atoms with Crippen LogP contribution in [0.5, 0.6) is 0 Å². The average molecular weight is 324 g/mol. The van der Waals surface area contributed by atoms with Crippen molar-refractivity contribution in [1.29, 1.82) is 0 Å². The minimum absolute atomic E-state index is 0.226. The smallest absolute Gasteiger partial charge is 0.227 e. The highest BCUT2D eigenvalue weighted by Gasteiger charge is 2.35. The number of hydrogen-bond acceptors (Lipinski definition) is 3. The molecule has 2 aliphatic rings. The number of carbonyl (C=O) groups is 1.